The van der Waals surface area contributed by atoms with Gasteiger partial charge in [0, 0.05) is 22.5 Å². The second kappa shape index (κ2) is 11.1. The van der Waals surface area contributed by atoms with E-state index in [1.54, 1.807) is 23.1 Å². The highest BCUT2D eigenvalue weighted by molar-refractivity contribution is 7.18. The van der Waals surface area contributed by atoms with Gasteiger partial charge in [-0.3, -0.25) is 14.5 Å². The maximum atomic E-state index is 15.2. The third-order valence-electron chi connectivity index (χ3n) is 7.03. The van der Waals surface area contributed by atoms with Crippen LogP contribution in [0, 0.1) is 5.82 Å². The van der Waals surface area contributed by atoms with Gasteiger partial charge in [0.25, 0.3) is 11.8 Å². The van der Waals surface area contributed by atoms with E-state index in [0.29, 0.717) is 27.9 Å². The van der Waals surface area contributed by atoms with E-state index in [1.807, 2.05) is 13.8 Å². The van der Waals surface area contributed by atoms with Gasteiger partial charge in [-0.15, -0.1) is 11.3 Å². The molecule has 3 heterocycles. The molecule has 13 heteroatoms. The SMILES string of the molecule is CC(C)([Si])[Si](C)(C)OC1CCCN(c2ccc(N3C[C@H](CNC(=O)c4ccc(Cl)s4)OC3=O)c(F)c2)C1=O. The number of halogens is 2. The summed E-state index contributed by atoms with van der Waals surface area (Å²) in [4.78, 5) is 41.2. The summed E-state index contributed by atoms with van der Waals surface area (Å²) in [5.74, 6) is -1.17. The minimum absolute atomic E-state index is 0.0456. The number of thiophene rings is 1. The standard InChI is InChI=1S/C25H30ClFN3O5SSi2/c1-25(2,37)38(3,4)35-19-6-5-11-29(23(19)32)15-7-8-18(17(27)12-15)30-14-16(34-24(30)33)13-28-22(31)20-9-10-21(26)36-20/h7-10,12,16,19H,5-6,11,13-14H2,1-4H3,(H,28,31)/t16-,19?/m0/s1. The average molecular weight is 595 g/mol. The van der Waals surface area contributed by atoms with E-state index in [9.17, 15) is 14.4 Å². The van der Waals surface area contributed by atoms with E-state index in [2.05, 4.69) is 28.7 Å². The molecule has 2 fully saturated rings. The molecule has 0 bridgehead atoms. The van der Waals surface area contributed by atoms with Crippen LogP contribution in [0.25, 0.3) is 0 Å². The number of piperidine rings is 1. The lowest BCUT2D eigenvalue weighted by molar-refractivity contribution is -0.127. The molecular weight excluding hydrogens is 565 g/mol. The molecule has 203 valence electrons. The van der Waals surface area contributed by atoms with Crippen LogP contribution in [0.15, 0.2) is 30.3 Å². The number of benzene rings is 1. The van der Waals surface area contributed by atoms with Crippen LogP contribution in [0.4, 0.5) is 20.6 Å². The number of rotatable bonds is 8. The molecule has 2 aliphatic heterocycles. The molecule has 1 unspecified atom stereocenters. The predicted octanol–water partition coefficient (Wildman–Crippen LogP) is 4.92. The molecule has 2 aliphatic rings. The van der Waals surface area contributed by atoms with Crippen molar-refractivity contribution in [1.82, 2.24) is 5.32 Å². The third kappa shape index (κ3) is 6.14. The summed E-state index contributed by atoms with van der Waals surface area (Å²) < 4.78 is 27.2. The molecule has 38 heavy (non-hydrogen) atoms. The van der Waals surface area contributed by atoms with Crippen molar-refractivity contribution in [1.29, 1.82) is 0 Å². The van der Waals surface area contributed by atoms with Gasteiger partial charge in [0.1, 0.15) is 18.0 Å². The molecular formula is C25H30ClFN3O5SSi2. The summed E-state index contributed by atoms with van der Waals surface area (Å²) >= 11 is 7.01. The van der Waals surface area contributed by atoms with Crippen molar-refractivity contribution in [3.05, 3.63) is 45.4 Å². The maximum Gasteiger partial charge on any atom is 0.414 e. The van der Waals surface area contributed by atoms with Gasteiger partial charge >= 0.3 is 6.09 Å². The number of carbonyl (C=O) groups is 3. The van der Waals surface area contributed by atoms with Gasteiger partial charge in [0.2, 0.25) is 0 Å². The van der Waals surface area contributed by atoms with Gasteiger partial charge in [0.05, 0.1) is 28.0 Å². The van der Waals surface area contributed by atoms with Gasteiger partial charge in [0.15, 0.2) is 8.32 Å². The van der Waals surface area contributed by atoms with Gasteiger partial charge < -0.3 is 19.4 Å². The minimum Gasteiger partial charge on any atom is -0.442 e. The zero-order valence-electron chi connectivity index (χ0n) is 21.7. The van der Waals surface area contributed by atoms with Crippen molar-refractivity contribution in [2.24, 2.45) is 0 Å². The van der Waals surface area contributed by atoms with Gasteiger partial charge in [-0.25, -0.2) is 9.18 Å². The second-order valence-electron chi connectivity index (χ2n) is 10.4. The van der Waals surface area contributed by atoms with Crippen LogP contribution in [-0.2, 0) is 14.0 Å². The zero-order valence-corrected chi connectivity index (χ0v) is 25.2. The number of ether oxygens (including phenoxy) is 1. The highest BCUT2D eigenvalue weighted by Crippen LogP contribution is 2.37. The molecule has 1 aromatic carbocycles. The monoisotopic (exact) mass is 594 g/mol. The normalized spacial score (nSPS) is 20.6. The van der Waals surface area contributed by atoms with E-state index in [1.165, 1.54) is 17.0 Å². The summed E-state index contributed by atoms with van der Waals surface area (Å²) in [5.41, 5.74) is 0.455. The Morgan fingerprint density at radius 2 is 2.03 bits per heavy atom. The number of carbonyl (C=O) groups excluding carboxylic acids is 3. The number of cyclic esters (lactones) is 1. The first kappa shape index (κ1) is 28.7. The zero-order chi connectivity index (χ0) is 27.8. The lowest BCUT2D eigenvalue weighted by atomic mass is 10.1. The molecule has 1 aromatic heterocycles. The van der Waals surface area contributed by atoms with E-state index in [4.69, 9.17) is 20.8 Å². The lowest BCUT2D eigenvalue weighted by Crippen LogP contribution is -2.53. The first-order chi connectivity index (χ1) is 17.8. The average Bonchev–Trinajstić information content (AvgIpc) is 3.43. The number of hydrogen-bond acceptors (Lipinski definition) is 6. The van der Waals surface area contributed by atoms with Crippen LogP contribution in [0.1, 0.15) is 36.4 Å². The van der Waals surface area contributed by atoms with Crippen molar-refractivity contribution >= 4 is 70.8 Å². The van der Waals surface area contributed by atoms with E-state index >= 15 is 4.39 Å². The summed E-state index contributed by atoms with van der Waals surface area (Å²) in [6.45, 7) is 8.80. The van der Waals surface area contributed by atoms with Crippen LogP contribution in [-0.4, -0.2) is 68.3 Å². The summed E-state index contributed by atoms with van der Waals surface area (Å²) in [6, 6.07) is 7.59. The number of hydrogen-bond donors (Lipinski definition) is 1. The van der Waals surface area contributed by atoms with Crippen molar-refractivity contribution in [3.63, 3.8) is 0 Å². The van der Waals surface area contributed by atoms with Gasteiger partial charge in [-0.1, -0.05) is 25.4 Å². The van der Waals surface area contributed by atoms with Crippen LogP contribution < -0.4 is 15.1 Å². The van der Waals surface area contributed by atoms with E-state index < -0.39 is 32.4 Å². The molecule has 0 aliphatic carbocycles. The summed E-state index contributed by atoms with van der Waals surface area (Å²) in [5, 5.41) is 2.71. The van der Waals surface area contributed by atoms with Crippen molar-refractivity contribution in [3.8, 4) is 0 Å². The molecule has 8 nitrogen and oxygen atoms in total. The quantitative estimate of drug-likeness (QED) is 0.438. The number of anilines is 2. The number of amides is 3. The van der Waals surface area contributed by atoms with Crippen LogP contribution in [0.5, 0.6) is 0 Å². The Morgan fingerprint density at radius 1 is 1.29 bits per heavy atom. The summed E-state index contributed by atoms with van der Waals surface area (Å²) in [6.07, 6.45) is -0.587. The fourth-order valence-electron chi connectivity index (χ4n) is 4.15. The number of nitrogens with zero attached hydrogens (tertiary/aromatic N) is 2. The Labute approximate surface area is 235 Å². The molecule has 2 aromatic rings. The number of nitrogens with one attached hydrogen (secondary N) is 1. The van der Waals surface area contributed by atoms with E-state index in [-0.39, 0.29) is 35.3 Å². The van der Waals surface area contributed by atoms with Crippen LogP contribution in [0.2, 0.25) is 22.1 Å². The topological polar surface area (TPSA) is 88.2 Å². The Balaban J connectivity index is 1.41. The highest BCUT2D eigenvalue weighted by atomic mass is 35.5. The first-order valence-electron chi connectivity index (χ1n) is 12.3. The largest absolute Gasteiger partial charge is 0.442 e. The second-order valence-corrected chi connectivity index (χ2v) is 18.4. The van der Waals surface area contributed by atoms with Gasteiger partial charge in [-0.05, 0) is 60.9 Å². The van der Waals surface area contributed by atoms with Crippen LogP contribution in [0.3, 0.4) is 0 Å². The lowest BCUT2D eigenvalue weighted by Gasteiger charge is -2.41. The fraction of sp³-hybridized carbons (Fsp3) is 0.480. The molecule has 1 N–H and O–H groups in total. The Bertz CT molecular complexity index is 1240. The molecule has 0 saturated carbocycles. The molecule has 3 amide bonds. The van der Waals surface area contributed by atoms with Gasteiger partial charge in [-0.2, -0.15) is 0 Å². The van der Waals surface area contributed by atoms with Crippen molar-refractivity contribution in [2.45, 2.75) is 56.7 Å². The van der Waals surface area contributed by atoms with E-state index in [0.717, 1.165) is 17.8 Å². The minimum atomic E-state index is -2.25. The predicted molar refractivity (Wildman–Crippen MR) is 149 cm³/mol. The molecule has 3 radical (unpaired) electrons. The van der Waals surface area contributed by atoms with Crippen molar-refractivity contribution < 1.29 is 27.9 Å². The first-order valence-corrected chi connectivity index (χ1v) is 16.9. The fourth-order valence-corrected chi connectivity index (χ4v) is 6.51. The Morgan fingerprint density at radius 3 is 2.66 bits per heavy atom. The molecule has 4 rings (SSSR count). The van der Waals surface area contributed by atoms with Crippen molar-refractivity contribution in [2.75, 3.05) is 29.4 Å². The summed E-state index contributed by atoms with van der Waals surface area (Å²) in [7, 11) is 1.50. The highest BCUT2D eigenvalue weighted by Gasteiger charge is 2.43. The third-order valence-corrected chi connectivity index (χ3v) is 13.9. The maximum absolute atomic E-state index is 15.2. The molecule has 0 spiro atoms. The smallest absolute Gasteiger partial charge is 0.414 e. The molecule has 2 saturated heterocycles. The molecule has 2 atom stereocenters. The Kier molecular flexibility index (Phi) is 8.38. The van der Waals surface area contributed by atoms with Crippen LogP contribution >= 0.6 is 22.9 Å². The Hall–Kier alpha value is -2.26.